The van der Waals surface area contributed by atoms with Crippen molar-refractivity contribution in [3.63, 3.8) is 0 Å². The van der Waals surface area contributed by atoms with Crippen LogP contribution < -0.4 is 0 Å². The number of rotatable bonds is 10. The molecule has 0 saturated heterocycles. The van der Waals surface area contributed by atoms with Crippen molar-refractivity contribution in [2.45, 2.75) is 115 Å². The minimum atomic E-state index is -0.337. The van der Waals surface area contributed by atoms with Gasteiger partial charge in [0.15, 0.2) is 5.78 Å². The van der Waals surface area contributed by atoms with E-state index in [9.17, 15) is 9.90 Å². The van der Waals surface area contributed by atoms with Gasteiger partial charge in [0.05, 0.1) is 5.52 Å². The average molecular weight is 805 g/mol. The van der Waals surface area contributed by atoms with Crippen LogP contribution in [0.5, 0.6) is 0 Å². The summed E-state index contributed by atoms with van der Waals surface area (Å²) in [6, 6.07) is 14.8. The van der Waals surface area contributed by atoms with Crippen LogP contribution in [0.15, 0.2) is 42.2 Å². The maximum absolute atomic E-state index is 12.2. The van der Waals surface area contributed by atoms with E-state index in [0.29, 0.717) is 5.92 Å². The first-order valence-electron chi connectivity index (χ1n) is 16.4. The summed E-state index contributed by atoms with van der Waals surface area (Å²) >= 11 is 1.90. The molecule has 0 unspecified atom stereocenters. The molecule has 2 heterocycles. The Morgan fingerprint density at radius 2 is 1.49 bits per heavy atom. The van der Waals surface area contributed by atoms with Gasteiger partial charge in [0, 0.05) is 57.7 Å². The minimum Gasteiger partial charge on any atom is -0.512 e. The Balaban J connectivity index is 0.000000343. The standard InChI is InChI=1S/C25H26NS.C15H28O2.Ir/c1-14(2)7-20-13-21-23-18(6)9-17(5)12-22(23)26-24(25(21)27-20)19-10-15(3)8-16(4)11-19;1-7-14(5,8-2)12(16)11-13(17)15(6,9-3)10-4;/h8-10,12-14H,7H2,1-6H3;11,16H,7-10H2,1-6H3;/q-1;;/b;12-11-;. The summed E-state index contributed by atoms with van der Waals surface area (Å²) in [6.07, 6.45) is 5.87. The molecule has 0 aliphatic heterocycles. The molecule has 3 nitrogen and oxygen atoms in total. The summed E-state index contributed by atoms with van der Waals surface area (Å²) in [4.78, 5) is 18.8. The van der Waals surface area contributed by atoms with Gasteiger partial charge in [-0.2, -0.15) is 0 Å². The zero-order valence-electron chi connectivity index (χ0n) is 29.6. The number of ketones is 1. The van der Waals surface area contributed by atoms with Crippen LogP contribution in [0, 0.1) is 50.5 Å². The zero-order valence-corrected chi connectivity index (χ0v) is 32.8. The molecule has 2 aromatic heterocycles. The summed E-state index contributed by atoms with van der Waals surface area (Å²) in [7, 11) is 0. The molecule has 4 rings (SSSR count). The first-order valence-corrected chi connectivity index (χ1v) is 17.2. The van der Waals surface area contributed by atoms with Crippen LogP contribution in [0.3, 0.4) is 0 Å². The van der Waals surface area contributed by atoms with Gasteiger partial charge in [-0.3, -0.25) is 9.78 Å². The molecule has 2 aromatic carbocycles. The Bertz CT molecular complexity index is 1630. The fourth-order valence-corrected chi connectivity index (χ4v) is 7.13. The quantitative estimate of drug-likeness (QED) is 0.0987. The molecule has 0 aliphatic carbocycles. The van der Waals surface area contributed by atoms with Crippen LogP contribution in [0.1, 0.15) is 108 Å². The minimum absolute atomic E-state index is 0. The third kappa shape index (κ3) is 8.93. The summed E-state index contributed by atoms with van der Waals surface area (Å²) < 4.78 is 1.30. The van der Waals surface area contributed by atoms with E-state index in [-0.39, 0.29) is 42.5 Å². The molecule has 0 amide bonds. The summed E-state index contributed by atoms with van der Waals surface area (Å²) in [6.45, 7) is 25.3. The fourth-order valence-electron chi connectivity index (χ4n) is 5.75. The first-order chi connectivity index (χ1) is 20.6. The van der Waals surface area contributed by atoms with Gasteiger partial charge in [-0.25, -0.2) is 0 Å². The van der Waals surface area contributed by atoms with Gasteiger partial charge in [0.2, 0.25) is 0 Å². The Morgan fingerprint density at radius 3 is 2.02 bits per heavy atom. The molecule has 1 radical (unpaired) electrons. The number of hydrogen-bond acceptors (Lipinski definition) is 4. The van der Waals surface area contributed by atoms with E-state index < -0.39 is 0 Å². The SMILES string of the molecule is CCC(C)(CC)C(=O)/C=C(\O)C(C)(CC)CC.Cc1[c-]c(-c2nc3cc(C)cc(C)c3c3cc(CC(C)C)sc23)cc(C)c1.[Ir]. The number of thiophene rings is 1. The number of nitrogens with zero attached hydrogens (tertiary/aromatic N) is 1. The molecule has 247 valence electrons. The number of aromatic nitrogens is 1. The normalized spacial score (nSPS) is 12.3. The van der Waals surface area contributed by atoms with Gasteiger partial charge in [-0.15, -0.1) is 46.2 Å². The van der Waals surface area contributed by atoms with Crippen molar-refractivity contribution in [2.24, 2.45) is 16.7 Å². The molecule has 0 atom stereocenters. The average Bonchev–Trinajstić information content (AvgIpc) is 3.37. The van der Waals surface area contributed by atoms with Gasteiger partial charge in [0.25, 0.3) is 0 Å². The second kappa shape index (κ2) is 16.0. The Labute approximate surface area is 290 Å². The van der Waals surface area contributed by atoms with E-state index >= 15 is 0 Å². The zero-order chi connectivity index (χ0) is 33.0. The molecule has 45 heavy (non-hydrogen) atoms. The maximum Gasteiger partial charge on any atom is 0.164 e. The van der Waals surface area contributed by atoms with E-state index in [4.69, 9.17) is 4.98 Å². The monoisotopic (exact) mass is 805 g/mol. The van der Waals surface area contributed by atoms with E-state index in [1.54, 1.807) is 0 Å². The molecule has 0 saturated carbocycles. The van der Waals surface area contributed by atoms with E-state index in [1.165, 1.54) is 48.7 Å². The number of fused-ring (bicyclic) bond motifs is 3. The third-order valence-electron chi connectivity index (χ3n) is 9.57. The van der Waals surface area contributed by atoms with E-state index in [0.717, 1.165) is 48.9 Å². The van der Waals surface area contributed by atoms with Crippen LogP contribution in [0.4, 0.5) is 0 Å². The topological polar surface area (TPSA) is 50.2 Å². The van der Waals surface area contributed by atoms with Crippen molar-refractivity contribution < 1.29 is 30.0 Å². The van der Waals surface area contributed by atoms with Crippen molar-refractivity contribution >= 4 is 38.1 Å². The number of hydrogen-bond donors (Lipinski definition) is 1. The number of aliphatic hydroxyl groups is 1. The number of pyridine rings is 1. The van der Waals surface area contributed by atoms with Crippen LogP contribution >= 0.6 is 11.3 Å². The van der Waals surface area contributed by atoms with Crippen molar-refractivity contribution in [3.05, 3.63) is 75.4 Å². The summed E-state index contributed by atoms with van der Waals surface area (Å²) in [5.41, 5.74) is 7.68. The molecular formula is C40H54IrNO2S-. The molecule has 5 heteroatoms. The van der Waals surface area contributed by atoms with Crippen LogP contribution in [0.2, 0.25) is 0 Å². The molecule has 0 fully saturated rings. The smallest absolute Gasteiger partial charge is 0.164 e. The number of aryl methyl sites for hydroxylation is 4. The van der Waals surface area contributed by atoms with Gasteiger partial charge >= 0.3 is 0 Å². The van der Waals surface area contributed by atoms with Crippen molar-refractivity contribution in [3.8, 4) is 11.3 Å². The molecule has 4 aromatic rings. The summed E-state index contributed by atoms with van der Waals surface area (Å²) in [5, 5.41) is 12.8. The Kier molecular flexibility index (Phi) is 13.8. The van der Waals surface area contributed by atoms with Crippen LogP contribution in [0.25, 0.3) is 32.2 Å². The van der Waals surface area contributed by atoms with Gasteiger partial charge in [-0.05, 0) is 80.5 Å². The van der Waals surface area contributed by atoms with Gasteiger partial charge < -0.3 is 5.11 Å². The second-order valence-corrected chi connectivity index (χ2v) is 14.8. The van der Waals surface area contributed by atoms with E-state index in [2.05, 4.69) is 77.9 Å². The molecular weight excluding hydrogens is 751 g/mol. The molecule has 1 N–H and O–H groups in total. The van der Waals surface area contributed by atoms with Crippen LogP contribution in [-0.2, 0) is 31.3 Å². The molecule has 0 spiro atoms. The number of carbonyl (C=O) groups is 1. The predicted octanol–water partition coefficient (Wildman–Crippen LogP) is 12.0. The van der Waals surface area contributed by atoms with Gasteiger partial charge in [0.1, 0.15) is 5.76 Å². The first kappa shape index (κ1) is 38.9. The Morgan fingerprint density at radius 1 is 0.911 bits per heavy atom. The second-order valence-electron chi connectivity index (χ2n) is 13.7. The van der Waals surface area contributed by atoms with Gasteiger partial charge in [-0.1, -0.05) is 75.3 Å². The third-order valence-corrected chi connectivity index (χ3v) is 10.7. The Hall–Kier alpha value is -2.33. The van der Waals surface area contributed by atoms with Crippen LogP contribution in [-0.4, -0.2) is 15.9 Å². The van der Waals surface area contributed by atoms with E-state index in [1.807, 2.05) is 52.9 Å². The molecule has 0 bridgehead atoms. The fraction of sp³-hybridized carbons (Fsp3) is 0.500. The van der Waals surface area contributed by atoms with Crippen molar-refractivity contribution in [2.75, 3.05) is 0 Å². The van der Waals surface area contributed by atoms with Crippen molar-refractivity contribution in [1.29, 1.82) is 0 Å². The summed E-state index contributed by atoms with van der Waals surface area (Å²) in [5.74, 6) is 0.936. The number of benzene rings is 2. The molecule has 0 aliphatic rings. The largest absolute Gasteiger partial charge is 0.512 e. The number of aliphatic hydroxyl groups excluding tert-OH is 1. The van der Waals surface area contributed by atoms with Crippen molar-refractivity contribution in [1.82, 2.24) is 4.98 Å². The maximum atomic E-state index is 12.2. The number of carbonyl (C=O) groups excluding carboxylic acids is 1. The number of allylic oxidation sites excluding steroid dienone is 2. The predicted molar refractivity (Wildman–Crippen MR) is 192 cm³/mol.